The van der Waals surface area contributed by atoms with Crippen molar-refractivity contribution in [1.29, 1.82) is 0 Å². The summed E-state index contributed by atoms with van der Waals surface area (Å²) in [5.74, 6) is 2.06. The molecule has 0 amide bonds. The fourth-order valence-corrected chi connectivity index (χ4v) is 4.20. The zero-order chi connectivity index (χ0) is 12.2. The molecule has 3 fully saturated rings. The monoisotopic (exact) mass is 252 g/mol. The Labute approximate surface area is 111 Å². The molecule has 0 aromatic heterocycles. The van der Waals surface area contributed by atoms with Crippen molar-refractivity contribution >= 4 is 0 Å². The first kappa shape index (κ1) is 12.9. The summed E-state index contributed by atoms with van der Waals surface area (Å²) in [5.41, 5.74) is 0. The van der Waals surface area contributed by atoms with Crippen LogP contribution in [0.3, 0.4) is 0 Å². The lowest BCUT2D eigenvalue weighted by molar-refractivity contribution is 0.00148. The van der Waals surface area contributed by atoms with Crippen LogP contribution in [0.5, 0.6) is 0 Å². The van der Waals surface area contributed by atoms with E-state index in [-0.39, 0.29) is 0 Å². The molecule has 18 heavy (non-hydrogen) atoms. The number of hydrogen-bond acceptors (Lipinski definition) is 3. The predicted octanol–water partition coefficient (Wildman–Crippen LogP) is 1.88. The smallest absolute Gasteiger partial charge is 0.0594 e. The van der Waals surface area contributed by atoms with Gasteiger partial charge in [0.25, 0.3) is 0 Å². The third-order valence-corrected chi connectivity index (χ3v) is 5.35. The van der Waals surface area contributed by atoms with E-state index in [4.69, 9.17) is 4.74 Å². The minimum absolute atomic E-state index is 0.867. The lowest BCUT2D eigenvalue weighted by Gasteiger charge is -2.41. The lowest BCUT2D eigenvalue weighted by atomic mass is 9.74. The topological polar surface area (TPSA) is 24.5 Å². The van der Waals surface area contributed by atoms with Crippen LogP contribution in [0.4, 0.5) is 0 Å². The second-order valence-electron chi connectivity index (χ2n) is 6.30. The molecule has 0 aromatic carbocycles. The molecule has 3 aliphatic rings. The Hall–Kier alpha value is -0.120. The van der Waals surface area contributed by atoms with E-state index in [9.17, 15) is 0 Å². The van der Waals surface area contributed by atoms with Gasteiger partial charge in [0.1, 0.15) is 0 Å². The Kier molecular flexibility index (Phi) is 4.55. The molecule has 2 aliphatic heterocycles. The SMILES string of the molecule is C1CC(C2CCC(N3CCOCC3)CC2)CCN1. The highest BCUT2D eigenvalue weighted by molar-refractivity contribution is 4.85. The Morgan fingerprint density at radius 3 is 2.06 bits per heavy atom. The third-order valence-electron chi connectivity index (χ3n) is 5.35. The van der Waals surface area contributed by atoms with Gasteiger partial charge in [0.2, 0.25) is 0 Å². The van der Waals surface area contributed by atoms with Crippen LogP contribution < -0.4 is 5.32 Å². The molecule has 2 heterocycles. The third kappa shape index (κ3) is 3.06. The van der Waals surface area contributed by atoms with Crippen molar-refractivity contribution < 1.29 is 4.74 Å². The largest absolute Gasteiger partial charge is 0.379 e. The number of rotatable bonds is 2. The summed E-state index contributed by atoms with van der Waals surface area (Å²) in [6, 6.07) is 0.867. The molecule has 0 radical (unpaired) electrons. The maximum absolute atomic E-state index is 5.46. The lowest BCUT2D eigenvalue weighted by Crippen LogP contribution is -2.45. The number of ether oxygens (including phenoxy) is 1. The van der Waals surface area contributed by atoms with Crippen molar-refractivity contribution in [3.05, 3.63) is 0 Å². The highest BCUT2D eigenvalue weighted by Crippen LogP contribution is 2.36. The van der Waals surface area contributed by atoms with Crippen molar-refractivity contribution in [3.8, 4) is 0 Å². The van der Waals surface area contributed by atoms with E-state index in [1.165, 1.54) is 64.7 Å². The Morgan fingerprint density at radius 2 is 1.39 bits per heavy atom. The molecule has 1 aliphatic carbocycles. The fraction of sp³-hybridized carbons (Fsp3) is 1.00. The summed E-state index contributed by atoms with van der Waals surface area (Å²) in [7, 11) is 0. The molecule has 104 valence electrons. The standard InChI is InChI=1S/C15H28N2O/c1-3-15(17-9-11-18-12-10-17)4-2-13(1)14-5-7-16-8-6-14/h13-16H,1-12H2. The first-order chi connectivity index (χ1) is 8.93. The molecule has 0 aromatic rings. The van der Waals surface area contributed by atoms with E-state index in [1.807, 2.05) is 0 Å². The first-order valence-electron chi connectivity index (χ1n) is 7.96. The normalized spacial score (nSPS) is 36.7. The van der Waals surface area contributed by atoms with Crippen LogP contribution in [-0.4, -0.2) is 50.3 Å². The molecule has 3 rings (SSSR count). The molecular weight excluding hydrogens is 224 g/mol. The summed E-state index contributed by atoms with van der Waals surface area (Å²) < 4.78 is 5.46. The average Bonchev–Trinajstić information content (AvgIpc) is 2.49. The van der Waals surface area contributed by atoms with Crippen molar-refractivity contribution in [1.82, 2.24) is 10.2 Å². The van der Waals surface area contributed by atoms with Gasteiger partial charge in [-0.1, -0.05) is 0 Å². The predicted molar refractivity (Wildman–Crippen MR) is 73.7 cm³/mol. The molecule has 0 unspecified atom stereocenters. The van der Waals surface area contributed by atoms with Gasteiger partial charge in [-0.2, -0.15) is 0 Å². The molecular formula is C15H28N2O. The Balaban J connectivity index is 1.45. The minimum Gasteiger partial charge on any atom is -0.379 e. The minimum atomic E-state index is 0.867. The summed E-state index contributed by atoms with van der Waals surface area (Å²) in [4.78, 5) is 2.68. The van der Waals surface area contributed by atoms with Crippen LogP contribution in [-0.2, 0) is 4.74 Å². The highest BCUT2D eigenvalue weighted by atomic mass is 16.5. The van der Waals surface area contributed by atoms with Gasteiger partial charge in [-0.25, -0.2) is 0 Å². The van der Waals surface area contributed by atoms with Crippen molar-refractivity contribution in [2.45, 2.75) is 44.6 Å². The van der Waals surface area contributed by atoms with Gasteiger partial charge in [0, 0.05) is 19.1 Å². The van der Waals surface area contributed by atoms with Gasteiger partial charge >= 0.3 is 0 Å². The molecule has 0 bridgehead atoms. The van der Waals surface area contributed by atoms with Crippen molar-refractivity contribution in [3.63, 3.8) is 0 Å². The van der Waals surface area contributed by atoms with Crippen LogP contribution >= 0.6 is 0 Å². The zero-order valence-corrected chi connectivity index (χ0v) is 11.6. The number of morpholine rings is 1. The Morgan fingerprint density at radius 1 is 0.778 bits per heavy atom. The maximum Gasteiger partial charge on any atom is 0.0594 e. The summed E-state index contributed by atoms with van der Waals surface area (Å²) >= 11 is 0. The van der Waals surface area contributed by atoms with Crippen LogP contribution in [0.15, 0.2) is 0 Å². The van der Waals surface area contributed by atoms with Gasteiger partial charge < -0.3 is 10.1 Å². The second-order valence-corrected chi connectivity index (χ2v) is 6.30. The van der Waals surface area contributed by atoms with Gasteiger partial charge in [-0.15, -0.1) is 0 Å². The van der Waals surface area contributed by atoms with Crippen LogP contribution in [0, 0.1) is 11.8 Å². The molecule has 0 atom stereocenters. The van der Waals surface area contributed by atoms with E-state index in [2.05, 4.69) is 10.2 Å². The molecule has 1 saturated carbocycles. The second kappa shape index (κ2) is 6.36. The first-order valence-corrected chi connectivity index (χ1v) is 7.96. The van der Waals surface area contributed by atoms with E-state index in [0.29, 0.717) is 0 Å². The fourth-order valence-electron chi connectivity index (χ4n) is 4.20. The number of hydrogen-bond donors (Lipinski definition) is 1. The van der Waals surface area contributed by atoms with Crippen LogP contribution in [0.25, 0.3) is 0 Å². The van der Waals surface area contributed by atoms with Gasteiger partial charge in [0.15, 0.2) is 0 Å². The number of nitrogens with one attached hydrogen (secondary N) is 1. The maximum atomic E-state index is 5.46. The molecule has 3 heteroatoms. The zero-order valence-electron chi connectivity index (χ0n) is 11.6. The summed E-state index contributed by atoms with van der Waals surface area (Å²) in [6.07, 6.45) is 8.68. The number of piperidine rings is 1. The van der Waals surface area contributed by atoms with Crippen molar-refractivity contribution in [2.75, 3.05) is 39.4 Å². The molecule has 2 saturated heterocycles. The van der Waals surface area contributed by atoms with Crippen LogP contribution in [0.1, 0.15) is 38.5 Å². The number of nitrogens with zero attached hydrogens (tertiary/aromatic N) is 1. The summed E-state index contributed by atoms with van der Waals surface area (Å²) in [5, 5.41) is 3.49. The van der Waals surface area contributed by atoms with E-state index in [1.54, 1.807) is 0 Å². The van der Waals surface area contributed by atoms with E-state index >= 15 is 0 Å². The molecule has 1 N–H and O–H groups in total. The van der Waals surface area contributed by atoms with Gasteiger partial charge in [0.05, 0.1) is 13.2 Å². The quantitative estimate of drug-likeness (QED) is 0.812. The Bertz CT molecular complexity index is 213. The molecule has 0 spiro atoms. The van der Waals surface area contributed by atoms with Crippen molar-refractivity contribution in [2.24, 2.45) is 11.8 Å². The molecule has 3 nitrogen and oxygen atoms in total. The highest BCUT2D eigenvalue weighted by Gasteiger charge is 2.31. The van der Waals surface area contributed by atoms with Gasteiger partial charge in [-0.05, 0) is 63.5 Å². The van der Waals surface area contributed by atoms with E-state index in [0.717, 1.165) is 31.1 Å². The van der Waals surface area contributed by atoms with E-state index < -0.39 is 0 Å². The van der Waals surface area contributed by atoms with Crippen LogP contribution in [0.2, 0.25) is 0 Å². The van der Waals surface area contributed by atoms with Gasteiger partial charge in [-0.3, -0.25) is 4.90 Å². The average molecular weight is 252 g/mol. The summed E-state index contributed by atoms with van der Waals surface area (Å²) in [6.45, 7) is 6.76.